The molecule has 0 radical (unpaired) electrons. The smallest absolute Gasteiger partial charge is 0.141 e. The highest BCUT2D eigenvalue weighted by molar-refractivity contribution is 5.83. The van der Waals surface area contributed by atoms with E-state index in [9.17, 15) is 0 Å². The minimum Gasteiger partial charge on any atom is -0.497 e. The molecule has 3 rings (SSSR count). The second-order valence-corrected chi connectivity index (χ2v) is 4.81. The first kappa shape index (κ1) is 13.2. The van der Waals surface area contributed by atoms with Gasteiger partial charge in [-0.1, -0.05) is 18.2 Å². The molecule has 106 valence electrons. The van der Waals surface area contributed by atoms with Gasteiger partial charge in [0.2, 0.25) is 0 Å². The Morgan fingerprint density at radius 2 is 2.14 bits per heavy atom. The van der Waals surface area contributed by atoms with Crippen molar-refractivity contribution >= 4 is 16.7 Å². The Morgan fingerprint density at radius 1 is 1.29 bits per heavy atom. The van der Waals surface area contributed by atoms with E-state index in [0.717, 1.165) is 28.2 Å². The van der Waals surface area contributed by atoms with Crippen LogP contribution in [0.15, 0.2) is 55.1 Å². The maximum atomic E-state index is 5.85. The molecule has 0 amide bonds. The average molecular weight is 279 g/mol. The summed E-state index contributed by atoms with van der Waals surface area (Å²) in [5.41, 5.74) is 9.50. The molecular weight excluding hydrogens is 262 g/mol. The molecule has 0 bridgehead atoms. The van der Waals surface area contributed by atoms with Crippen LogP contribution in [-0.4, -0.2) is 16.7 Å². The number of nitrogens with two attached hydrogens (primary N) is 1. The van der Waals surface area contributed by atoms with Crippen molar-refractivity contribution in [1.82, 2.24) is 9.55 Å². The zero-order chi connectivity index (χ0) is 14.8. The van der Waals surface area contributed by atoms with Crippen LogP contribution in [0.3, 0.4) is 0 Å². The quantitative estimate of drug-likeness (QED) is 0.587. The molecule has 4 nitrogen and oxygen atoms in total. The van der Waals surface area contributed by atoms with Gasteiger partial charge in [-0.05, 0) is 30.3 Å². The third kappa shape index (κ3) is 2.36. The Kier molecular flexibility index (Phi) is 3.36. The molecule has 0 aliphatic rings. The molecule has 0 atom stereocenters. The number of aromatic nitrogens is 2. The molecule has 3 aromatic rings. The molecule has 0 aliphatic carbocycles. The van der Waals surface area contributed by atoms with Crippen molar-refractivity contribution in [2.75, 3.05) is 12.8 Å². The number of nitrogens with zero attached hydrogens (tertiary/aromatic N) is 2. The van der Waals surface area contributed by atoms with Crippen molar-refractivity contribution in [2.45, 2.75) is 6.54 Å². The fourth-order valence-corrected chi connectivity index (χ4v) is 2.44. The van der Waals surface area contributed by atoms with E-state index in [-0.39, 0.29) is 0 Å². The van der Waals surface area contributed by atoms with E-state index in [2.05, 4.69) is 11.1 Å². The highest BCUT2D eigenvalue weighted by Crippen LogP contribution is 2.28. The monoisotopic (exact) mass is 279 g/mol. The molecule has 0 aliphatic heterocycles. The van der Waals surface area contributed by atoms with Gasteiger partial charge >= 0.3 is 0 Å². The number of hydrogen-bond acceptors (Lipinski definition) is 3. The Morgan fingerprint density at radius 3 is 2.90 bits per heavy atom. The van der Waals surface area contributed by atoms with Crippen LogP contribution < -0.4 is 10.5 Å². The minimum absolute atomic E-state index is 0.687. The van der Waals surface area contributed by atoms with Gasteiger partial charge in [-0.3, -0.25) is 0 Å². The highest BCUT2D eigenvalue weighted by Gasteiger charge is 2.12. The predicted octanol–water partition coefficient (Wildman–Crippen LogP) is 3.48. The molecule has 1 heterocycles. The number of hydrogen-bond donors (Lipinski definition) is 1. The third-order valence-electron chi connectivity index (χ3n) is 3.41. The van der Waals surface area contributed by atoms with Crippen LogP contribution in [0.5, 0.6) is 5.75 Å². The summed E-state index contributed by atoms with van der Waals surface area (Å²) in [5.74, 6) is 1.69. The molecule has 1 aromatic heterocycles. The van der Waals surface area contributed by atoms with Crippen molar-refractivity contribution in [3.05, 3.63) is 55.1 Å². The van der Waals surface area contributed by atoms with E-state index < -0.39 is 0 Å². The van der Waals surface area contributed by atoms with E-state index in [1.807, 2.05) is 48.5 Å². The normalized spacial score (nSPS) is 10.7. The van der Waals surface area contributed by atoms with Crippen molar-refractivity contribution in [3.63, 3.8) is 0 Å². The van der Waals surface area contributed by atoms with Gasteiger partial charge in [-0.25, -0.2) is 4.98 Å². The number of anilines is 1. The summed E-state index contributed by atoms with van der Waals surface area (Å²) in [6.07, 6.45) is 1.86. The fraction of sp³-hybridized carbons (Fsp3) is 0.118. The van der Waals surface area contributed by atoms with Gasteiger partial charge in [0.1, 0.15) is 11.6 Å². The second kappa shape index (κ2) is 5.32. The van der Waals surface area contributed by atoms with E-state index in [0.29, 0.717) is 12.2 Å². The first-order valence-electron chi connectivity index (χ1n) is 6.74. The molecule has 0 fully saturated rings. The maximum absolute atomic E-state index is 5.85. The Bertz CT molecular complexity index is 805. The highest BCUT2D eigenvalue weighted by atomic mass is 16.5. The molecule has 21 heavy (non-hydrogen) atoms. The summed E-state index contributed by atoms with van der Waals surface area (Å²) in [7, 11) is 1.66. The van der Waals surface area contributed by atoms with Crippen LogP contribution in [0.2, 0.25) is 0 Å². The van der Waals surface area contributed by atoms with Crippen LogP contribution in [0.4, 0.5) is 5.69 Å². The summed E-state index contributed by atoms with van der Waals surface area (Å²) >= 11 is 0. The first-order chi connectivity index (χ1) is 10.2. The number of benzene rings is 2. The summed E-state index contributed by atoms with van der Waals surface area (Å²) in [4.78, 5) is 4.72. The average Bonchev–Trinajstić information content (AvgIpc) is 2.85. The molecule has 0 saturated heterocycles. The number of methoxy groups -OCH3 is 1. The van der Waals surface area contributed by atoms with Crippen molar-refractivity contribution in [3.8, 4) is 17.1 Å². The fourth-order valence-electron chi connectivity index (χ4n) is 2.44. The summed E-state index contributed by atoms with van der Waals surface area (Å²) < 4.78 is 7.41. The third-order valence-corrected chi connectivity index (χ3v) is 3.41. The minimum atomic E-state index is 0.687. The number of nitrogen functional groups attached to an aromatic ring is 1. The number of allylic oxidation sites excluding steroid dienone is 1. The molecule has 2 aromatic carbocycles. The zero-order valence-corrected chi connectivity index (χ0v) is 11.9. The molecule has 2 N–H and O–H groups in total. The summed E-state index contributed by atoms with van der Waals surface area (Å²) in [6, 6.07) is 13.6. The van der Waals surface area contributed by atoms with E-state index in [1.54, 1.807) is 7.11 Å². The molecule has 4 heteroatoms. The molecule has 0 spiro atoms. The molecule has 0 unspecified atom stereocenters. The Balaban J connectivity index is 2.24. The number of fused-ring (bicyclic) bond motifs is 1. The van der Waals surface area contributed by atoms with Gasteiger partial charge in [0, 0.05) is 17.8 Å². The van der Waals surface area contributed by atoms with Gasteiger partial charge in [-0.2, -0.15) is 0 Å². The van der Waals surface area contributed by atoms with E-state index >= 15 is 0 Å². The topological polar surface area (TPSA) is 53.1 Å². The summed E-state index contributed by atoms with van der Waals surface area (Å²) in [5, 5.41) is 0. The van der Waals surface area contributed by atoms with Crippen molar-refractivity contribution < 1.29 is 4.74 Å². The van der Waals surface area contributed by atoms with Crippen LogP contribution in [0.25, 0.3) is 22.4 Å². The SMILES string of the molecule is C=CCn1c(-c2cccc(OC)c2)nc2cc(N)ccc21. The maximum Gasteiger partial charge on any atom is 0.141 e. The standard InChI is InChI=1S/C17H17N3O/c1-3-9-20-16-8-7-13(18)11-15(16)19-17(20)12-5-4-6-14(10-12)21-2/h3-8,10-11H,1,9,18H2,2H3. The Hall–Kier alpha value is -2.75. The lowest BCUT2D eigenvalue weighted by Crippen LogP contribution is -1.98. The lowest BCUT2D eigenvalue weighted by Gasteiger charge is -2.08. The lowest BCUT2D eigenvalue weighted by molar-refractivity contribution is 0.415. The molecular formula is C17H17N3O. The van der Waals surface area contributed by atoms with Gasteiger partial charge < -0.3 is 15.0 Å². The number of ether oxygens (including phenoxy) is 1. The summed E-state index contributed by atoms with van der Waals surface area (Å²) in [6.45, 7) is 4.52. The van der Waals surface area contributed by atoms with Crippen LogP contribution in [-0.2, 0) is 6.54 Å². The molecule has 0 saturated carbocycles. The van der Waals surface area contributed by atoms with Crippen LogP contribution in [0, 0.1) is 0 Å². The number of imidazole rings is 1. The Labute approximate surface area is 123 Å². The zero-order valence-electron chi connectivity index (χ0n) is 11.9. The van der Waals surface area contributed by atoms with E-state index in [4.69, 9.17) is 15.5 Å². The second-order valence-electron chi connectivity index (χ2n) is 4.81. The van der Waals surface area contributed by atoms with Crippen LogP contribution in [0.1, 0.15) is 0 Å². The largest absolute Gasteiger partial charge is 0.497 e. The van der Waals surface area contributed by atoms with Gasteiger partial charge in [0.05, 0.1) is 18.1 Å². The van der Waals surface area contributed by atoms with Crippen molar-refractivity contribution in [2.24, 2.45) is 0 Å². The van der Waals surface area contributed by atoms with Crippen molar-refractivity contribution in [1.29, 1.82) is 0 Å². The van der Waals surface area contributed by atoms with Gasteiger partial charge in [-0.15, -0.1) is 6.58 Å². The van der Waals surface area contributed by atoms with Gasteiger partial charge in [0.15, 0.2) is 0 Å². The van der Waals surface area contributed by atoms with Gasteiger partial charge in [0.25, 0.3) is 0 Å². The lowest BCUT2D eigenvalue weighted by atomic mass is 10.2. The first-order valence-corrected chi connectivity index (χ1v) is 6.74. The van der Waals surface area contributed by atoms with E-state index in [1.165, 1.54) is 0 Å². The number of rotatable bonds is 4. The van der Waals surface area contributed by atoms with Crippen LogP contribution >= 0.6 is 0 Å². The predicted molar refractivity (Wildman–Crippen MR) is 86.3 cm³/mol.